The summed E-state index contributed by atoms with van der Waals surface area (Å²) in [4.78, 5) is 10.7. The second-order valence-electron chi connectivity index (χ2n) is 5.85. The Hall–Kier alpha value is -3.40. The Balaban J connectivity index is 1.94. The minimum Gasteiger partial charge on any atom is -0.488 e. The molecule has 0 radical (unpaired) electrons. The highest BCUT2D eigenvalue weighted by Crippen LogP contribution is 2.37. The van der Waals surface area contributed by atoms with Gasteiger partial charge in [0.15, 0.2) is 0 Å². The van der Waals surface area contributed by atoms with E-state index in [0.717, 1.165) is 33.6 Å². The number of nitro benzene ring substituents is 1. The highest BCUT2D eigenvalue weighted by molar-refractivity contribution is 5.94. The molecule has 122 valence electrons. The molecule has 0 aromatic heterocycles. The lowest BCUT2D eigenvalue weighted by molar-refractivity contribution is -0.384. The van der Waals surface area contributed by atoms with Gasteiger partial charge in [-0.05, 0) is 34.4 Å². The average Bonchev–Trinajstić information content (AvgIpc) is 2.80. The molecular formula is C21H15NO3. The zero-order valence-corrected chi connectivity index (χ0v) is 13.4. The fourth-order valence-corrected chi connectivity index (χ4v) is 3.07. The van der Waals surface area contributed by atoms with Gasteiger partial charge in [-0.25, -0.2) is 0 Å². The smallest absolute Gasteiger partial charge is 0.270 e. The third-order valence-electron chi connectivity index (χ3n) is 4.26. The van der Waals surface area contributed by atoms with Gasteiger partial charge in [0.25, 0.3) is 5.69 Å². The van der Waals surface area contributed by atoms with Gasteiger partial charge in [0.1, 0.15) is 12.4 Å². The van der Waals surface area contributed by atoms with E-state index in [1.54, 1.807) is 12.1 Å². The molecule has 0 aliphatic carbocycles. The van der Waals surface area contributed by atoms with Crippen LogP contribution in [0.5, 0.6) is 5.75 Å². The van der Waals surface area contributed by atoms with Gasteiger partial charge >= 0.3 is 0 Å². The third-order valence-corrected chi connectivity index (χ3v) is 4.26. The zero-order valence-electron chi connectivity index (χ0n) is 13.4. The number of fused-ring (bicyclic) bond motifs is 2. The number of nitro groups is 1. The van der Waals surface area contributed by atoms with Crippen LogP contribution in [0.25, 0.3) is 11.6 Å². The van der Waals surface area contributed by atoms with Crippen molar-refractivity contribution in [2.45, 2.75) is 6.61 Å². The van der Waals surface area contributed by atoms with Crippen LogP contribution in [-0.4, -0.2) is 4.92 Å². The van der Waals surface area contributed by atoms with Gasteiger partial charge < -0.3 is 4.74 Å². The summed E-state index contributed by atoms with van der Waals surface area (Å²) < 4.78 is 5.96. The third kappa shape index (κ3) is 2.90. The Labute approximate surface area is 145 Å². The fraction of sp³-hybridized carbons (Fsp3) is 0.0476. The maximum absolute atomic E-state index is 11.1. The van der Waals surface area contributed by atoms with Crippen molar-refractivity contribution in [2.75, 3.05) is 0 Å². The molecule has 0 saturated carbocycles. The Kier molecular flexibility index (Phi) is 3.78. The van der Waals surface area contributed by atoms with Crippen LogP contribution in [0.15, 0.2) is 72.8 Å². The summed E-state index contributed by atoms with van der Waals surface area (Å²) in [6, 6.07) is 22.6. The van der Waals surface area contributed by atoms with E-state index in [1.807, 2.05) is 54.6 Å². The molecule has 0 amide bonds. The van der Waals surface area contributed by atoms with Crippen LogP contribution in [0.1, 0.15) is 22.3 Å². The number of benzene rings is 3. The molecule has 4 rings (SSSR count). The molecule has 25 heavy (non-hydrogen) atoms. The van der Waals surface area contributed by atoms with Crippen LogP contribution in [0, 0.1) is 10.1 Å². The van der Waals surface area contributed by atoms with Crippen LogP contribution >= 0.6 is 0 Å². The van der Waals surface area contributed by atoms with Gasteiger partial charge in [-0.1, -0.05) is 54.6 Å². The van der Waals surface area contributed by atoms with Crippen molar-refractivity contribution >= 4 is 17.3 Å². The summed E-state index contributed by atoms with van der Waals surface area (Å²) in [6.45, 7) is 0.499. The maximum Gasteiger partial charge on any atom is 0.270 e. The van der Waals surface area contributed by atoms with Crippen molar-refractivity contribution in [1.29, 1.82) is 0 Å². The van der Waals surface area contributed by atoms with Crippen molar-refractivity contribution < 1.29 is 9.66 Å². The van der Waals surface area contributed by atoms with Crippen molar-refractivity contribution in [3.63, 3.8) is 0 Å². The van der Waals surface area contributed by atoms with Crippen molar-refractivity contribution in [2.24, 2.45) is 0 Å². The van der Waals surface area contributed by atoms with E-state index in [4.69, 9.17) is 4.74 Å². The number of hydrogen-bond donors (Lipinski definition) is 0. The lowest BCUT2D eigenvalue weighted by Gasteiger charge is -2.10. The molecular weight excluding hydrogens is 314 g/mol. The van der Waals surface area contributed by atoms with E-state index in [1.165, 1.54) is 6.07 Å². The van der Waals surface area contributed by atoms with E-state index in [0.29, 0.717) is 6.61 Å². The molecule has 3 aromatic rings. The summed E-state index contributed by atoms with van der Waals surface area (Å²) in [5.74, 6) is 0.815. The second-order valence-corrected chi connectivity index (χ2v) is 5.85. The van der Waals surface area contributed by atoms with Crippen LogP contribution < -0.4 is 4.74 Å². The Morgan fingerprint density at radius 2 is 1.68 bits per heavy atom. The monoisotopic (exact) mass is 329 g/mol. The number of hydrogen-bond acceptors (Lipinski definition) is 3. The van der Waals surface area contributed by atoms with Crippen molar-refractivity contribution in [3.05, 3.63) is 105 Å². The molecule has 0 fully saturated rings. The minimum absolute atomic E-state index is 0.0841. The number of rotatable bonds is 2. The van der Waals surface area contributed by atoms with Crippen LogP contribution in [-0.2, 0) is 6.61 Å². The molecule has 0 unspecified atom stereocenters. The standard InChI is InChI=1S/C21H15NO3/c23-22(24)17-8-5-6-15(12-17)13-20-18-9-2-1-7-16(18)14-25-21-11-4-3-10-19(20)21/h1-13H,14H2/b20-13+. The highest BCUT2D eigenvalue weighted by Gasteiger charge is 2.18. The van der Waals surface area contributed by atoms with Crippen LogP contribution in [0.4, 0.5) is 5.69 Å². The van der Waals surface area contributed by atoms with Gasteiger partial charge in [-0.15, -0.1) is 0 Å². The average molecular weight is 329 g/mol. The molecule has 0 atom stereocenters. The van der Waals surface area contributed by atoms with Gasteiger partial charge in [0.05, 0.1) is 4.92 Å². The molecule has 3 aromatic carbocycles. The van der Waals surface area contributed by atoms with Gasteiger partial charge in [-0.3, -0.25) is 10.1 Å². The Morgan fingerprint density at radius 1 is 0.920 bits per heavy atom. The first-order valence-electron chi connectivity index (χ1n) is 7.99. The van der Waals surface area contributed by atoms with Crippen molar-refractivity contribution in [1.82, 2.24) is 0 Å². The van der Waals surface area contributed by atoms with Gasteiger partial charge in [0, 0.05) is 17.7 Å². The first kappa shape index (κ1) is 15.1. The summed E-state index contributed by atoms with van der Waals surface area (Å²) in [7, 11) is 0. The first-order valence-corrected chi connectivity index (χ1v) is 7.99. The molecule has 1 heterocycles. The molecule has 1 aliphatic heterocycles. The molecule has 4 nitrogen and oxygen atoms in total. The van der Waals surface area contributed by atoms with E-state index in [-0.39, 0.29) is 10.6 Å². The Morgan fingerprint density at radius 3 is 2.52 bits per heavy atom. The van der Waals surface area contributed by atoms with E-state index in [9.17, 15) is 10.1 Å². The molecule has 0 spiro atoms. The second kappa shape index (κ2) is 6.24. The summed E-state index contributed by atoms with van der Waals surface area (Å²) >= 11 is 0. The fourth-order valence-electron chi connectivity index (χ4n) is 3.07. The SMILES string of the molecule is O=[N+]([O-])c1cccc(/C=C2\c3ccccc3COc3ccccc32)c1. The molecule has 4 heteroatoms. The van der Waals surface area contributed by atoms with Crippen LogP contribution in [0.2, 0.25) is 0 Å². The molecule has 0 bridgehead atoms. The lowest BCUT2D eigenvalue weighted by Crippen LogP contribution is -1.94. The molecule has 1 aliphatic rings. The highest BCUT2D eigenvalue weighted by atomic mass is 16.6. The quantitative estimate of drug-likeness (QED) is 0.487. The van der Waals surface area contributed by atoms with Gasteiger partial charge in [0.2, 0.25) is 0 Å². The first-order chi connectivity index (χ1) is 12.2. The predicted octanol–water partition coefficient (Wildman–Crippen LogP) is 5.08. The number of para-hydroxylation sites is 1. The molecule has 0 N–H and O–H groups in total. The van der Waals surface area contributed by atoms with Crippen molar-refractivity contribution in [3.8, 4) is 5.75 Å². The van der Waals surface area contributed by atoms with Crippen LogP contribution in [0.3, 0.4) is 0 Å². The number of nitrogens with zero attached hydrogens (tertiary/aromatic N) is 1. The number of ether oxygens (including phenoxy) is 1. The minimum atomic E-state index is -0.375. The number of non-ortho nitro benzene ring substituents is 1. The van der Waals surface area contributed by atoms with E-state index >= 15 is 0 Å². The lowest BCUT2D eigenvalue weighted by atomic mass is 9.92. The molecule has 0 saturated heterocycles. The summed E-state index contributed by atoms with van der Waals surface area (Å²) in [6.07, 6.45) is 1.99. The summed E-state index contributed by atoms with van der Waals surface area (Å²) in [5.41, 5.74) is 5.04. The zero-order chi connectivity index (χ0) is 17.2. The normalized spacial score (nSPS) is 14.2. The van der Waals surface area contributed by atoms with E-state index < -0.39 is 0 Å². The van der Waals surface area contributed by atoms with Gasteiger partial charge in [-0.2, -0.15) is 0 Å². The maximum atomic E-state index is 11.1. The largest absolute Gasteiger partial charge is 0.488 e. The summed E-state index contributed by atoms with van der Waals surface area (Å²) in [5, 5.41) is 11.1. The Bertz CT molecular complexity index is 942. The predicted molar refractivity (Wildman–Crippen MR) is 97.3 cm³/mol. The van der Waals surface area contributed by atoms with E-state index in [2.05, 4.69) is 6.07 Å². The topological polar surface area (TPSA) is 52.4 Å².